The van der Waals surface area contributed by atoms with Crippen LogP contribution in [0, 0.1) is 19.7 Å². The quantitative estimate of drug-likeness (QED) is 0.860. The molecule has 1 aromatic carbocycles. The van der Waals surface area contributed by atoms with Gasteiger partial charge in [-0.05, 0) is 31.5 Å². The molecule has 1 atom stereocenters. The van der Waals surface area contributed by atoms with Gasteiger partial charge in [-0.25, -0.2) is 9.37 Å². The molecule has 2 N–H and O–H groups in total. The monoisotopic (exact) mass is 308 g/mol. The standard InChI is InChI=1S/C15H17FN2O2S/c1-9-14(18-10(2)21-9)8-17-13(7-15(19)20)11-4-3-5-12(16)6-11/h3-6,13,17H,7-8H2,1-2H3,(H,19,20). The number of nitrogens with one attached hydrogen (secondary N) is 1. The average molecular weight is 308 g/mol. The molecular weight excluding hydrogens is 291 g/mol. The number of carboxylic acid groups (broad SMARTS) is 1. The number of carboxylic acids is 1. The number of aliphatic carboxylic acids is 1. The summed E-state index contributed by atoms with van der Waals surface area (Å²) >= 11 is 1.61. The van der Waals surface area contributed by atoms with E-state index in [0.29, 0.717) is 12.1 Å². The van der Waals surface area contributed by atoms with Gasteiger partial charge in [-0.2, -0.15) is 0 Å². The fourth-order valence-corrected chi connectivity index (χ4v) is 3.00. The average Bonchev–Trinajstić information content (AvgIpc) is 2.72. The Labute approximate surface area is 126 Å². The molecule has 2 aromatic rings. The zero-order chi connectivity index (χ0) is 15.4. The highest BCUT2D eigenvalue weighted by Crippen LogP contribution is 2.21. The molecule has 6 heteroatoms. The molecule has 0 bridgehead atoms. The van der Waals surface area contributed by atoms with Crippen molar-refractivity contribution in [3.05, 3.63) is 51.2 Å². The molecule has 4 nitrogen and oxygen atoms in total. The molecule has 0 aliphatic heterocycles. The number of rotatable bonds is 6. The van der Waals surface area contributed by atoms with Gasteiger partial charge in [0.1, 0.15) is 5.82 Å². The Kier molecular flexibility index (Phi) is 5.03. The zero-order valence-electron chi connectivity index (χ0n) is 11.9. The van der Waals surface area contributed by atoms with E-state index < -0.39 is 12.0 Å². The van der Waals surface area contributed by atoms with Gasteiger partial charge in [0.05, 0.1) is 17.1 Å². The predicted molar refractivity (Wildman–Crippen MR) is 79.8 cm³/mol. The Morgan fingerprint density at radius 3 is 2.81 bits per heavy atom. The Morgan fingerprint density at radius 2 is 2.24 bits per heavy atom. The molecular formula is C15H17FN2O2S. The summed E-state index contributed by atoms with van der Waals surface area (Å²) in [5, 5.41) is 13.2. The lowest BCUT2D eigenvalue weighted by Gasteiger charge is -2.17. The molecule has 2 rings (SSSR count). The summed E-state index contributed by atoms with van der Waals surface area (Å²) in [6.07, 6.45) is -0.106. The third kappa shape index (κ3) is 4.34. The van der Waals surface area contributed by atoms with Crippen LogP contribution in [0.5, 0.6) is 0 Å². The van der Waals surface area contributed by atoms with Gasteiger partial charge in [-0.15, -0.1) is 11.3 Å². The molecule has 1 unspecified atom stereocenters. The van der Waals surface area contributed by atoms with Crippen LogP contribution in [0.3, 0.4) is 0 Å². The van der Waals surface area contributed by atoms with E-state index in [1.165, 1.54) is 12.1 Å². The summed E-state index contributed by atoms with van der Waals surface area (Å²) < 4.78 is 13.3. The van der Waals surface area contributed by atoms with Crippen LogP contribution in [-0.2, 0) is 11.3 Å². The summed E-state index contributed by atoms with van der Waals surface area (Å²) in [7, 11) is 0. The number of halogens is 1. The first kappa shape index (κ1) is 15.6. The highest BCUT2D eigenvalue weighted by Gasteiger charge is 2.17. The fourth-order valence-electron chi connectivity index (χ4n) is 2.16. The van der Waals surface area contributed by atoms with Gasteiger partial charge >= 0.3 is 5.97 Å². The molecule has 0 saturated heterocycles. The van der Waals surface area contributed by atoms with Crippen molar-refractivity contribution in [2.75, 3.05) is 0 Å². The van der Waals surface area contributed by atoms with Crippen LogP contribution in [0.2, 0.25) is 0 Å². The number of aryl methyl sites for hydroxylation is 2. The molecule has 112 valence electrons. The van der Waals surface area contributed by atoms with Crippen molar-refractivity contribution in [2.45, 2.75) is 32.9 Å². The van der Waals surface area contributed by atoms with Gasteiger partial charge in [0.15, 0.2) is 0 Å². The number of benzene rings is 1. The smallest absolute Gasteiger partial charge is 0.305 e. The number of hydrogen-bond donors (Lipinski definition) is 2. The Balaban J connectivity index is 2.13. The van der Waals surface area contributed by atoms with Crippen LogP contribution in [0.25, 0.3) is 0 Å². The van der Waals surface area contributed by atoms with Gasteiger partial charge in [0.2, 0.25) is 0 Å². The summed E-state index contributed by atoms with van der Waals surface area (Å²) in [5.74, 6) is -1.30. The molecule has 0 radical (unpaired) electrons. The van der Waals surface area contributed by atoms with Crippen LogP contribution in [0.1, 0.15) is 33.6 Å². The number of thiazole rings is 1. The summed E-state index contributed by atoms with van der Waals surface area (Å²) in [4.78, 5) is 16.5. The van der Waals surface area contributed by atoms with Crippen molar-refractivity contribution >= 4 is 17.3 Å². The Morgan fingerprint density at radius 1 is 1.48 bits per heavy atom. The Bertz CT molecular complexity index is 642. The summed E-state index contributed by atoms with van der Waals surface area (Å²) in [6, 6.07) is 5.57. The molecule has 1 aromatic heterocycles. The van der Waals surface area contributed by atoms with Crippen molar-refractivity contribution in [2.24, 2.45) is 0 Å². The normalized spacial score (nSPS) is 12.3. The summed E-state index contributed by atoms with van der Waals surface area (Å²) in [6.45, 7) is 4.38. The van der Waals surface area contributed by atoms with Crippen LogP contribution in [-0.4, -0.2) is 16.1 Å². The van der Waals surface area contributed by atoms with E-state index in [2.05, 4.69) is 10.3 Å². The third-order valence-electron chi connectivity index (χ3n) is 3.15. The number of nitrogens with zero attached hydrogens (tertiary/aromatic N) is 1. The van der Waals surface area contributed by atoms with Gasteiger partial charge in [0.25, 0.3) is 0 Å². The highest BCUT2D eigenvalue weighted by molar-refractivity contribution is 7.11. The molecule has 0 aliphatic rings. The first-order valence-electron chi connectivity index (χ1n) is 6.59. The van der Waals surface area contributed by atoms with E-state index >= 15 is 0 Å². The second-order valence-electron chi connectivity index (χ2n) is 4.82. The van der Waals surface area contributed by atoms with Crippen LogP contribution < -0.4 is 5.32 Å². The van der Waals surface area contributed by atoms with E-state index in [4.69, 9.17) is 5.11 Å². The number of aromatic nitrogens is 1. The Hall–Kier alpha value is -1.79. The van der Waals surface area contributed by atoms with Crippen molar-refractivity contribution in [1.29, 1.82) is 0 Å². The van der Waals surface area contributed by atoms with Crippen LogP contribution in [0.4, 0.5) is 4.39 Å². The van der Waals surface area contributed by atoms with Gasteiger partial charge in [-0.1, -0.05) is 12.1 Å². The number of carbonyl (C=O) groups is 1. The van der Waals surface area contributed by atoms with Crippen molar-refractivity contribution in [1.82, 2.24) is 10.3 Å². The van der Waals surface area contributed by atoms with Gasteiger partial charge < -0.3 is 10.4 Å². The minimum Gasteiger partial charge on any atom is -0.481 e. The zero-order valence-corrected chi connectivity index (χ0v) is 12.7. The van der Waals surface area contributed by atoms with Crippen molar-refractivity contribution < 1.29 is 14.3 Å². The molecule has 0 spiro atoms. The second-order valence-corrected chi connectivity index (χ2v) is 6.23. The predicted octanol–water partition coefficient (Wildman–Crippen LogP) is 3.20. The fraction of sp³-hybridized carbons (Fsp3) is 0.333. The topological polar surface area (TPSA) is 62.2 Å². The largest absolute Gasteiger partial charge is 0.481 e. The van der Waals surface area contributed by atoms with E-state index in [9.17, 15) is 9.18 Å². The third-order valence-corrected chi connectivity index (χ3v) is 4.07. The second kappa shape index (κ2) is 6.78. The van der Waals surface area contributed by atoms with Crippen molar-refractivity contribution in [3.8, 4) is 0 Å². The molecule has 1 heterocycles. The van der Waals surface area contributed by atoms with Gasteiger partial charge in [-0.3, -0.25) is 4.79 Å². The lowest BCUT2D eigenvalue weighted by molar-refractivity contribution is -0.137. The minimum absolute atomic E-state index is 0.106. The maximum Gasteiger partial charge on any atom is 0.305 e. The maximum absolute atomic E-state index is 13.3. The minimum atomic E-state index is -0.928. The van der Waals surface area contributed by atoms with E-state index in [0.717, 1.165) is 15.6 Å². The summed E-state index contributed by atoms with van der Waals surface area (Å²) in [5.41, 5.74) is 1.53. The molecule has 0 aliphatic carbocycles. The van der Waals surface area contributed by atoms with E-state index in [1.54, 1.807) is 23.5 Å². The lowest BCUT2D eigenvalue weighted by atomic mass is 10.0. The maximum atomic E-state index is 13.3. The van der Waals surface area contributed by atoms with Crippen LogP contribution in [0.15, 0.2) is 24.3 Å². The number of hydrogen-bond acceptors (Lipinski definition) is 4. The first-order valence-corrected chi connectivity index (χ1v) is 7.41. The van der Waals surface area contributed by atoms with Crippen molar-refractivity contribution in [3.63, 3.8) is 0 Å². The molecule has 21 heavy (non-hydrogen) atoms. The molecule has 0 amide bonds. The molecule has 0 fully saturated rings. The van der Waals surface area contributed by atoms with Gasteiger partial charge in [0, 0.05) is 17.5 Å². The molecule has 0 saturated carbocycles. The van der Waals surface area contributed by atoms with Crippen LogP contribution >= 0.6 is 11.3 Å². The first-order chi connectivity index (χ1) is 9.95. The van der Waals surface area contributed by atoms with E-state index in [-0.39, 0.29) is 12.2 Å². The highest BCUT2D eigenvalue weighted by atomic mass is 32.1. The lowest BCUT2D eigenvalue weighted by Crippen LogP contribution is -2.24. The SMILES string of the molecule is Cc1nc(CNC(CC(=O)O)c2cccc(F)c2)c(C)s1. The van der Waals surface area contributed by atoms with E-state index in [1.807, 2.05) is 13.8 Å².